The zero-order valence-corrected chi connectivity index (χ0v) is 26.5. The van der Waals surface area contributed by atoms with E-state index in [-0.39, 0.29) is 31.1 Å². The molecule has 0 aliphatic rings. The van der Waals surface area contributed by atoms with Gasteiger partial charge in [-0.3, -0.25) is 14.4 Å². The molecule has 0 bridgehead atoms. The van der Waals surface area contributed by atoms with E-state index in [1.165, 1.54) is 38.5 Å². The van der Waals surface area contributed by atoms with Crippen LogP contribution in [0.5, 0.6) is 0 Å². The van der Waals surface area contributed by atoms with Crippen molar-refractivity contribution < 1.29 is 28.6 Å². The van der Waals surface area contributed by atoms with Gasteiger partial charge in [0.05, 0.1) is 0 Å². The lowest BCUT2D eigenvalue weighted by atomic mass is 10.1. The Morgan fingerprint density at radius 3 is 1.24 bits per heavy atom. The fraction of sp³-hybridized carbons (Fsp3) is 0.800. The molecule has 0 saturated heterocycles. The number of carbonyl (C=O) groups excluding carboxylic acids is 3. The van der Waals surface area contributed by atoms with Crippen LogP contribution in [0.15, 0.2) is 25.3 Å². The minimum Gasteiger partial charge on any atom is -0.462 e. The van der Waals surface area contributed by atoms with Gasteiger partial charge in [0, 0.05) is 19.3 Å². The van der Waals surface area contributed by atoms with Gasteiger partial charge in [0.2, 0.25) is 0 Å². The third kappa shape index (κ3) is 29.2. The molecule has 238 valence electrons. The summed E-state index contributed by atoms with van der Waals surface area (Å²) < 4.78 is 16.4. The number of carbonyl (C=O) groups is 3. The number of ether oxygens (including phenoxy) is 3. The Hall–Kier alpha value is -2.11. The maximum absolute atomic E-state index is 12.4. The maximum atomic E-state index is 12.4. The number of allylic oxidation sites excluding steroid dienone is 2. The summed E-state index contributed by atoms with van der Waals surface area (Å²) in [5, 5.41) is 0. The van der Waals surface area contributed by atoms with Gasteiger partial charge in [-0.2, -0.15) is 0 Å². The second kappa shape index (κ2) is 30.8. The minimum absolute atomic E-state index is 0.0832. The van der Waals surface area contributed by atoms with Crippen molar-refractivity contribution in [3.8, 4) is 0 Å². The predicted octanol–water partition coefficient (Wildman–Crippen LogP) is 9.74. The highest BCUT2D eigenvalue weighted by Gasteiger charge is 2.19. The average Bonchev–Trinajstić information content (AvgIpc) is 2.96. The van der Waals surface area contributed by atoms with E-state index in [0.29, 0.717) is 19.3 Å². The quantitative estimate of drug-likeness (QED) is 0.0352. The van der Waals surface area contributed by atoms with Crippen molar-refractivity contribution in [1.29, 1.82) is 0 Å². The number of hydrogen-bond donors (Lipinski definition) is 0. The fourth-order valence-corrected chi connectivity index (χ4v) is 4.63. The van der Waals surface area contributed by atoms with E-state index in [9.17, 15) is 14.4 Å². The summed E-state index contributed by atoms with van der Waals surface area (Å²) in [5.74, 6) is -0.944. The van der Waals surface area contributed by atoms with Crippen LogP contribution in [0.1, 0.15) is 161 Å². The van der Waals surface area contributed by atoms with E-state index >= 15 is 0 Å². The smallest absolute Gasteiger partial charge is 0.306 e. The minimum atomic E-state index is -0.773. The standard InChI is InChI=1S/C35H62O6/c1-4-7-10-13-16-17-20-22-25-28-34(37)40-31-32(41-35(38)29-26-23-19-15-12-9-6-3)30-39-33(36)27-24-21-18-14-11-8-5-2/h5-6,32H,2-4,7-31H2,1H3. The molecule has 0 heterocycles. The van der Waals surface area contributed by atoms with Crippen LogP contribution in [0.2, 0.25) is 0 Å². The molecule has 0 rings (SSSR count). The number of rotatable bonds is 31. The van der Waals surface area contributed by atoms with Gasteiger partial charge < -0.3 is 14.2 Å². The van der Waals surface area contributed by atoms with Crippen molar-refractivity contribution >= 4 is 17.9 Å². The van der Waals surface area contributed by atoms with Crippen LogP contribution in [0, 0.1) is 0 Å². The van der Waals surface area contributed by atoms with Crippen LogP contribution in [0.3, 0.4) is 0 Å². The van der Waals surface area contributed by atoms with Gasteiger partial charge in [-0.1, -0.05) is 109 Å². The number of hydrogen-bond acceptors (Lipinski definition) is 6. The summed E-state index contributed by atoms with van der Waals surface area (Å²) in [7, 11) is 0. The van der Waals surface area contributed by atoms with Crippen LogP contribution in [-0.4, -0.2) is 37.2 Å². The first-order valence-electron chi connectivity index (χ1n) is 16.8. The van der Waals surface area contributed by atoms with Crippen molar-refractivity contribution in [2.75, 3.05) is 13.2 Å². The molecule has 0 fully saturated rings. The first kappa shape index (κ1) is 38.9. The molecule has 1 atom stereocenters. The third-order valence-corrected chi connectivity index (χ3v) is 7.22. The largest absolute Gasteiger partial charge is 0.462 e. The molecule has 0 spiro atoms. The molecule has 6 nitrogen and oxygen atoms in total. The van der Waals surface area contributed by atoms with Crippen molar-refractivity contribution in [2.45, 2.75) is 167 Å². The fourth-order valence-electron chi connectivity index (χ4n) is 4.63. The van der Waals surface area contributed by atoms with Gasteiger partial charge in [-0.25, -0.2) is 0 Å². The monoisotopic (exact) mass is 578 g/mol. The van der Waals surface area contributed by atoms with Gasteiger partial charge in [0.1, 0.15) is 13.2 Å². The summed E-state index contributed by atoms with van der Waals surface area (Å²) in [6, 6.07) is 0. The highest BCUT2D eigenvalue weighted by atomic mass is 16.6. The Bertz CT molecular complexity index is 659. The summed E-state index contributed by atoms with van der Waals surface area (Å²) in [4.78, 5) is 37.0. The van der Waals surface area contributed by atoms with E-state index in [1.54, 1.807) is 0 Å². The lowest BCUT2D eigenvalue weighted by Gasteiger charge is -2.18. The highest BCUT2D eigenvalue weighted by molar-refractivity contribution is 5.71. The van der Waals surface area contributed by atoms with E-state index in [1.807, 2.05) is 12.2 Å². The number of esters is 3. The molecule has 0 saturated carbocycles. The molecule has 0 amide bonds. The van der Waals surface area contributed by atoms with Gasteiger partial charge in [-0.15, -0.1) is 13.2 Å². The summed E-state index contributed by atoms with van der Waals surface area (Å²) in [5.41, 5.74) is 0. The first-order valence-corrected chi connectivity index (χ1v) is 16.8. The molecule has 41 heavy (non-hydrogen) atoms. The second-order valence-corrected chi connectivity index (χ2v) is 11.2. The Labute approximate surface area is 252 Å². The lowest BCUT2D eigenvalue weighted by molar-refractivity contribution is -0.167. The lowest BCUT2D eigenvalue weighted by Crippen LogP contribution is -2.30. The van der Waals surface area contributed by atoms with Crippen LogP contribution < -0.4 is 0 Å². The molecule has 0 aromatic rings. The van der Waals surface area contributed by atoms with E-state index in [2.05, 4.69) is 20.1 Å². The molecule has 1 unspecified atom stereocenters. The SMILES string of the molecule is C=CCCCCCCCC(=O)OCC(COC(=O)CCCCCCCCCCC)OC(=O)CCCCCCCC=C. The molecule has 0 radical (unpaired) electrons. The van der Waals surface area contributed by atoms with Gasteiger partial charge in [0.25, 0.3) is 0 Å². The van der Waals surface area contributed by atoms with E-state index in [4.69, 9.17) is 14.2 Å². The van der Waals surface area contributed by atoms with Crippen LogP contribution in [0.4, 0.5) is 0 Å². The van der Waals surface area contributed by atoms with E-state index < -0.39 is 6.10 Å². The van der Waals surface area contributed by atoms with Crippen molar-refractivity contribution in [3.05, 3.63) is 25.3 Å². The predicted molar refractivity (Wildman–Crippen MR) is 169 cm³/mol. The Balaban J connectivity index is 4.35. The third-order valence-electron chi connectivity index (χ3n) is 7.22. The summed E-state index contributed by atoms with van der Waals surface area (Å²) in [6.07, 6.45) is 26.9. The normalized spacial score (nSPS) is 11.5. The van der Waals surface area contributed by atoms with Crippen LogP contribution >= 0.6 is 0 Å². The first-order chi connectivity index (χ1) is 20.0. The molecule has 6 heteroatoms. The molecule has 0 aromatic carbocycles. The Kier molecular flexibility index (Phi) is 29.3. The molecular formula is C35H62O6. The van der Waals surface area contributed by atoms with Gasteiger partial charge >= 0.3 is 17.9 Å². The molecular weight excluding hydrogens is 516 g/mol. The van der Waals surface area contributed by atoms with Crippen LogP contribution in [-0.2, 0) is 28.6 Å². The highest BCUT2D eigenvalue weighted by Crippen LogP contribution is 2.13. The number of unbranched alkanes of at least 4 members (excludes halogenated alkanes) is 18. The Morgan fingerprint density at radius 1 is 0.512 bits per heavy atom. The topological polar surface area (TPSA) is 78.9 Å². The Morgan fingerprint density at radius 2 is 0.854 bits per heavy atom. The summed E-state index contributed by atoms with van der Waals surface area (Å²) >= 11 is 0. The maximum Gasteiger partial charge on any atom is 0.306 e. The zero-order valence-electron chi connectivity index (χ0n) is 26.5. The van der Waals surface area contributed by atoms with Crippen molar-refractivity contribution in [3.63, 3.8) is 0 Å². The molecule has 0 aliphatic carbocycles. The molecule has 0 N–H and O–H groups in total. The average molecular weight is 579 g/mol. The van der Waals surface area contributed by atoms with Gasteiger partial charge in [-0.05, 0) is 44.9 Å². The second-order valence-electron chi connectivity index (χ2n) is 11.2. The molecule has 0 aromatic heterocycles. The molecule has 0 aliphatic heterocycles. The van der Waals surface area contributed by atoms with Crippen molar-refractivity contribution in [2.24, 2.45) is 0 Å². The summed E-state index contributed by atoms with van der Waals surface area (Å²) in [6.45, 7) is 9.53. The van der Waals surface area contributed by atoms with Crippen molar-refractivity contribution in [1.82, 2.24) is 0 Å². The van der Waals surface area contributed by atoms with Gasteiger partial charge in [0.15, 0.2) is 6.10 Å². The van der Waals surface area contributed by atoms with E-state index in [0.717, 1.165) is 96.3 Å². The van der Waals surface area contributed by atoms with Crippen LogP contribution in [0.25, 0.3) is 0 Å². The zero-order chi connectivity index (χ0) is 30.2.